The molecule has 0 aliphatic heterocycles. The molecule has 0 saturated carbocycles. The minimum absolute atomic E-state index is 0.0181. The quantitative estimate of drug-likeness (QED) is 0.648. The molecule has 1 amide bonds. The van der Waals surface area contributed by atoms with E-state index >= 15 is 0 Å². The monoisotopic (exact) mass is 267 g/mol. The third-order valence-electron chi connectivity index (χ3n) is 2.52. The Bertz CT molecular complexity index is 381. The van der Waals surface area contributed by atoms with Crippen LogP contribution in [0, 0.1) is 0 Å². The number of nitrogens with one attached hydrogen (secondary N) is 1. The molecule has 0 bridgehead atoms. The van der Waals surface area contributed by atoms with Crippen molar-refractivity contribution in [2.75, 3.05) is 33.5 Å². The zero-order chi connectivity index (χ0) is 13.9. The summed E-state index contributed by atoms with van der Waals surface area (Å²) in [7, 11) is 1.60. The Labute approximate surface area is 113 Å². The molecule has 0 unspecified atom stereocenters. The van der Waals surface area contributed by atoms with Crippen LogP contribution in [0.1, 0.15) is 12.0 Å². The Balaban J connectivity index is 2.19. The first kappa shape index (κ1) is 15.5. The predicted molar refractivity (Wildman–Crippen MR) is 72.2 cm³/mol. The second-order valence-corrected chi connectivity index (χ2v) is 4.07. The molecule has 0 fully saturated rings. The molecule has 0 aliphatic rings. The minimum Gasteiger partial charge on any atom is -0.497 e. The van der Waals surface area contributed by atoms with Gasteiger partial charge in [0.15, 0.2) is 0 Å². The number of ether oxygens (including phenoxy) is 2. The molecule has 2 N–H and O–H groups in total. The highest BCUT2D eigenvalue weighted by Crippen LogP contribution is 2.12. The van der Waals surface area contributed by atoms with E-state index in [1.54, 1.807) is 7.11 Å². The smallest absolute Gasteiger partial charge is 0.224 e. The van der Waals surface area contributed by atoms with E-state index in [0.29, 0.717) is 26.2 Å². The Morgan fingerprint density at radius 3 is 2.95 bits per heavy atom. The van der Waals surface area contributed by atoms with Gasteiger partial charge in [-0.15, -0.1) is 0 Å². The van der Waals surface area contributed by atoms with Crippen LogP contribution in [-0.2, 0) is 16.0 Å². The maximum atomic E-state index is 11.7. The van der Waals surface area contributed by atoms with Crippen LogP contribution in [-0.4, -0.2) is 44.5 Å². The van der Waals surface area contributed by atoms with Gasteiger partial charge in [-0.25, -0.2) is 0 Å². The Morgan fingerprint density at radius 1 is 1.37 bits per heavy atom. The maximum Gasteiger partial charge on any atom is 0.224 e. The van der Waals surface area contributed by atoms with Crippen molar-refractivity contribution in [2.45, 2.75) is 12.8 Å². The zero-order valence-electron chi connectivity index (χ0n) is 11.2. The van der Waals surface area contributed by atoms with Gasteiger partial charge in [0.05, 0.1) is 26.7 Å². The summed E-state index contributed by atoms with van der Waals surface area (Å²) in [6.45, 7) is 1.49. The molecule has 0 radical (unpaired) electrons. The van der Waals surface area contributed by atoms with Gasteiger partial charge in [0.2, 0.25) is 5.91 Å². The van der Waals surface area contributed by atoms with E-state index in [0.717, 1.165) is 17.7 Å². The van der Waals surface area contributed by atoms with Crippen LogP contribution in [0.25, 0.3) is 0 Å². The number of rotatable bonds is 9. The van der Waals surface area contributed by atoms with Crippen molar-refractivity contribution in [1.29, 1.82) is 0 Å². The van der Waals surface area contributed by atoms with Crippen LogP contribution >= 0.6 is 0 Å². The summed E-state index contributed by atoms with van der Waals surface area (Å²) in [5.41, 5.74) is 0.924. The maximum absolute atomic E-state index is 11.7. The van der Waals surface area contributed by atoms with Gasteiger partial charge in [0.25, 0.3) is 0 Å². The normalized spacial score (nSPS) is 10.2. The highest BCUT2D eigenvalue weighted by atomic mass is 16.5. The first-order valence-corrected chi connectivity index (χ1v) is 6.34. The Morgan fingerprint density at radius 2 is 2.21 bits per heavy atom. The highest BCUT2D eigenvalue weighted by molar-refractivity contribution is 5.78. The first-order valence-electron chi connectivity index (χ1n) is 6.34. The largest absolute Gasteiger partial charge is 0.497 e. The average molecular weight is 267 g/mol. The number of amides is 1. The SMILES string of the molecule is COc1cccc(CC(=O)NCCCOCCO)c1. The van der Waals surface area contributed by atoms with Gasteiger partial charge in [0, 0.05) is 13.2 Å². The minimum atomic E-state index is -0.0181. The van der Waals surface area contributed by atoms with E-state index in [-0.39, 0.29) is 12.5 Å². The summed E-state index contributed by atoms with van der Waals surface area (Å²) in [6, 6.07) is 7.46. The molecule has 0 atom stereocenters. The fourth-order valence-electron chi connectivity index (χ4n) is 1.60. The molecule has 1 aromatic carbocycles. The van der Waals surface area contributed by atoms with Crippen LogP contribution in [0.3, 0.4) is 0 Å². The summed E-state index contributed by atoms with van der Waals surface area (Å²) < 4.78 is 10.2. The molecule has 1 rings (SSSR count). The summed E-state index contributed by atoms with van der Waals surface area (Å²) in [6.07, 6.45) is 1.08. The fraction of sp³-hybridized carbons (Fsp3) is 0.500. The van der Waals surface area contributed by atoms with Gasteiger partial charge in [-0.05, 0) is 24.1 Å². The van der Waals surface area contributed by atoms with Gasteiger partial charge >= 0.3 is 0 Å². The lowest BCUT2D eigenvalue weighted by Gasteiger charge is -2.07. The van der Waals surface area contributed by atoms with Crippen molar-refractivity contribution < 1.29 is 19.4 Å². The van der Waals surface area contributed by atoms with Crippen molar-refractivity contribution in [3.05, 3.63) is 29.8 Å². The lowest BCUT2D eigenvalue weighted by molar-refractivity contribution is -0.120. The van der Waals surface area contributed by atoms with Crippen LogP contribution in [0.2, 0.25) is 0 Å². The number of aliphatic hydroxyl groups is 1. The van der Waals surface area contributed by atoms with Crippen molar-refractivity contribution in [3.63, 3.8) is 0 Å². The molecule has 5 nitrogen and oxygen atoms in total. The number of hydrogen-bond donors (Lipinski definition) is 2. The fourth-order valence-corrected chi connectivity index (χ4v) is 1.60. The molecule has 106 valence electrons. The summed E-state index contributed by atoms with van der Waals surface area (Å²) >= 11 is 0. The number of methoxy groups -OCH3 is 1. The van der Waals surface area contributed by atoms with E-state index in [9.17, 15) is 4.79 Å². The van der Waals surface area contributed by atoms with Crippen molar-refractivity contribution in [2.24, 2.45) is 0 Å². The van der Waals surface area contributed by atoms with Gasteiger partial charge < -0.3 is 19.9 Å². The molecular formula is C14H21NO4. The molecule has 1 aromatic rings. The third-order valence-corrected chi connectivity index (χ3v) is 2.52. The van der Waals surface area contributed by atoms with Crippen molar-refractivity contribution >= 4 is 5.91 Å². The second-order valence-electron chi connectivity index (χ2n) is 4.07. The zero-order valence-corrected chi connectivity index (χ0v) is 11.2. The summed E-state index contributed by atoms with van der Waals surface area (Å²) in [5.74, 6) is 0.734. The van der Waals surface area contributed by atoms with E-state index in [2.05, 4.69) is 5.32 Å². The molecule has 5 heteroatoms. The molecular weight excluding hydrogens is 246 g/mol. The van der Waals surface area contributed by atoms with Gasteiger partial charge in [-0.2, -0.15) is 0 Å². The van der Waals surface area contributed by atoms with Crippen LogP contribution in [0.15, 0.2) is 24.3 Å². The predicted octanol–water partition coefficient (Wildman–Crippen LogP) is 0.753. The van der Waals surface area contributed by atoms with E-state index in [1.807, 2.05) is 24.3 Å². The van der Waals surface area contributed by atoms with Gasteiger partial charge in [0.1, 0.15) is 5.75 Å². The molecule has 0 saturated heterocycles. The lowest BCUT2D eigenvalue weighted by Crippen LogP contribution is -2.26. The van der Waals surface area contributed by atoms with Crippen LogP contribution < -0.4 is 10.1 Å². The number of aliphatic hydroxyl groups excluding tert-OH is 1. The Hall–Kier alpha value is -1.59. The van der Waals surface area contributed by atoms with Crippen LogP contribution in [0.5, 0.6) is 5.75 Å². The number of hydrogen-bond acceptors (Lipinski definition) is 4. The van der Waals surface area contributed by atoms with Crippen molar-refractivity contribution in [3.8, 4) is 5.75 Å². The van der Waals surface area contributed by atoms with E-state index < -0.39 is 0 Å². The molecule has 0 aliphatic carbocycles. The van der Waals surface area contributed by atoms with Crippen molar-refractivity contribution in [1.82, 2.24) is 5.32 Å². The second kappa shape index (κ2) is 9.35. The molecule has 0 aromatic heterocycles. The van der Waals surface area contributed by atoms with E-state index in [1.165, 1.54) is 0 Å². The number of carbonyl (C=O) groups excluding carboxylic acids is 1. The first-order chi connectivity index (χ1) is 9.26. The molecule has 0 spiro atoms. The number of carbonyl (C=O) groups is 1. The van der Waals surface area contributed by atoms with Gasteiger partial charge in [-0.3, -0.25) is 4.79 Å². The highest BCUT2D eigenvalue weighted by Gasteiger charge is 2.03. The molecule has 0 heterocycles. The van der Waals surface area contributed by atoms with Gasteiger partial charge in [-0.1, -0.05) is 12.1 Å². The van der Waals surface area contributed by atoms with E-state index in [4.69, 9.17) is 14.6 Å². The molecule has 19 heavy (non-hydrogen) atoms. The summed E-state index contributed by atoms with van der Waals surface area (Å²) in [5, 5.41) is 11.3. The Kier molecular flexibility index (Phi) is 7.62. The summed E-state index contributed by atoms with van der Waals surface area (Å²) in [4.78, 5) is 11.7. The standard InChI is InChI=1S/C14H21NO4/c1-18-13-5-2-4-12(10-13)11-14(17)15-6-3-8-19-9-7-16/h2,4-5,10,16H,3,6-9,11H2,1H3,(H,15,17). The lowest BCUT2D eigenvalue weighted by atomic mass is 10.1. The number of benzene rings is 1. The van der Waals surface area contributed by atoms with Crippen LogP contribution in [0.4, 0.5) is 0 Å². The average Bonchev–Trinajstić information content (AvgIpc) is 2.43. The topological polar surface area (TPSA) is 67.8 Å². The third kappa shape index (κ3) is 6.79.